The number of carbonyl (C=O) groups excluding carboxylic acids is 1. The first-order valence-electron chi connectivity index (χ1n) is 6.29. The molecule has 0 heterocycles. The van der Waals surface area contributed by atoms with Crippen molar-refractivity contribution in [1.82, 2.24) is 5.32 Å². The Hall–Kier alpha value is -1.10. The molecule has 0 spiro atoms. The van der Waals surface area contributed by atoms with Crippen molar-refractivity contribution in [2.75, 3.05) is 0 Å². The summed E-state index contributed by atoms with van der Waals surface area (Å²) in [5, 5.41) is 11.4. The van der Waals surface area contributed by atoms with Gasteiger partial charge in [0.05, 0.1) is 12.5 Å². The van der Waals surface area contributed by atoms with Crippen LogP contribution in [0.15, 0.2) is 0 Å². The van der Waals surface area contributed by atoms with Crippen molar-refractivity contribution < 1.29 is 14.7 Å². The molecule has 0 saturated heterocycles. The van der Waals surface area contributed by atoms with Gasteiger partial charge in [0.25, 0.3) is 0 Å². The molecule has 5 heteroatoms. The molecular weight excluding hydrogens is 220 g/mol. The quantitative estimate of drug-likeness (QED) is 0.569. The van der Waals surface area contributed by atoms with Gasteiger partial charge in [0.15, 0.2) is 0 Å². The van der Waals surface area contributed by atoms with E-state index in [1.807, 2.05) is 0 Å². The van der Waals surface area contributed by atoms with Crippen molar-refractivity contribution in [1.29, 1.82) is 0 Å². The highest BCUT2D eigenvalue weighted by atomic mass is 16.4. The van der Waals surface area contributed by atoms with Crippen LogP contribution >= 0.6 is 0 Å². The van der Waals surface area contributed by atoms with Gasteiger partial charge in [0, 0.05) is 6.04 Å². The number of amides is 1. The minimum absolute atomic E-state index is 0.118. The van der Waals surface area contributed by atoms with Crippen molar-refractivity contribution in [3.8, 4) is 0 Å². The number of hydrogen-bond donors (Lipinski definition) is 3. The molecule has 2 unspecified atom stereocenters. The van der Waals surface area contributed by atoms with E-state index in [2.05, 4.69) is 19.2 Å². The molecule has 2 atom stereocenters. The zero-order valence-electron chi connectivity index (χ0n) is 10.7. The topological polar surface area (TPSA) is 92.4 Å². The van der Waals surface area contributed by atoms with Gasteiger partial charge in [0.2, 0.25) is 5.91 Å². The average molecular weight is 244 g/mol. The number of carboxylic acid groups (broad SMARTS) is 1. The molecule has 0 aromatic heterocycles. The minimum atomic E-state index is -1.05. The maximum atomic E-state index is 11.6. The summed E-state index contributed by atoms with van der Waals surface area (Å²) in [7, 11) is 0. The van der Waals surface area contributed by atoms with Crippen LogP contribution in [-0.2, 0) is 9.59 Å². The lowest BCUT2D eigenvalue weighted by molar-refractivity contribution is -0.139. The Bertz CT molecular complexity index is 244. The summed E-state index contributed by atoms with van der Waals surface area (Å²) in [6, 6.07) is -0.833. The lowest BCUT2D eigenvalue weighted by Gasteiger charge is -2.19. The summed E-state index contributed by atoms with van der Waals surface area (Å²) in [6.45, 7) is 4.16. The maximum Gasteiger partial charge on any atom is 0.305 e. The molecule has 1 amide bonds. The van der Waals surface area contributed by atoms with Crippen LogP contribution in [0.3, 0.4) is 0 Å². The standard InChI is InChI=1S/C12H24N2O3/c1-3-5-7-9(6-4-2)14-12(17)10(13)8-11(15)16/h9-10H,3-8,13H2,1-2H3,(H,14,17)(H,15,16). The van der Waals surface area contributed by atoms with E-state index in [-0.39, 0.29) is 18.4 Å². The third kappa shape index (κ3) is 7.74. The molecule has 0 aromatic carbocycles. The molecule has 0 aliphatic heterocycles. The fourth-order valence-electron chi connectivity index (χ4n) is 1.68. The zero-order valence-corrected chi connectivity index (χ0v) is 10.7. The normalized spacial score (nSPS) is 14.1. The SMILES string of the molecule is CCCCC(CCC)NC(=O)C(N)CC(=O)O. The Balaban J connectivity index is 4.13. The predicted octanol–water partition coefficient (Wildman–Crippen LogP) is 1.26. The molecule has 5 nitrogen and oxygen atoms in total. The number of carbonyl (C=O) groups is 2. The van der Waals surface area contributed by atoms with Crippen LogP contribution in [0.1, 0.15) is 52.4 Å². The molecule has 4 N–H and O–H groups in total. The summed E-state index contributed by atoms with van der Waals surface area (Å²) in [6.07, 6.45) is 4.64. The van der Waals surface area contributed by atoms with E-state index in [1.165, 1.54) is 0 Å². The summed E-state index contributed by atoms with van der Waals surface area (Å²) >= 11 is 0. The highest BCUT2D eigenvalue weighted by Gasteiger charge is 2.19. The number of unbranched alkanes of at least 4 members (excludes halogenated alkanes) is 1. The maximum absolute atomic E-state index is 11.6. The number of rotatable bonds is 9. The molecule has 0 fully saturated rings. The lowest BCUT2D eigenvalue weighted by atomic mass is 10.0. The second kappa shape index (κ2) is 8.98. The van der Waals surface area contributed by atoms with Gasteiger partial charge in [-0.05, 0) is 12.8 Å². The Morgan fingerprint density at radius 3 is 2.35 bits per heavy atom. The van der Waals surface area contributed by atoms with Crippen molar-refractivity contribution in [3.05, 3.63) is 0 Å². The summed E-state index contributed by atoms with van der Waals surface area (Å²) in [5.41, 5.74) is 5.50. The molecular formula is C12H24N2O3. The number of hydrogen-bond acceptors (Lipinski definition) is 3. The third-order valence-electron chi connectivity index (χ3n) is 2.62. The van der Waals surface area contributed by atoms with Crippen LogP contribution in [0.4, 0.5) is 0 Å². The first-order valence-corrected chi connectivity index (χ1v) is 6.29. The van der Waals surface area contributed by atoms with Crippen LogP contribution in [0.25, 0.3) is 0 Å². The summed E-state index contributed by atoms with van der Waals surface area (Å²) in [4.78, 5) is 22.1. The van der Waals surface area contributed by atoms with Crippen LogP contribution < -0.4 is 11.1 Å². The highest BCUT2D eigenvalue weighted by Crippen LogP contribution is 2.07. The van der Waals surface area contributed by atoms with E-state index in [0.717, 1.165) is 32.1 Å². The van der Waals surface area contributed by atoms with Gasteiger partial charge in [-0.3, -0.25) is 9.59 Å². The van der Waals surface area contributed by atoms with Gasteiger partial charge in [-0.25, -0.2) is 0 Å². The second-order valence-electron chi connectivity index (χ2n) is 4.34. The van der Waals surface area contributed by atoms with Gasteiger partial charge in [-0.1, -0.05) is 33.1 Å². The average Bonchev–Trinajstić information content (AvgIpc) is 2.25. The smallest absolute Gasteiger partial charge is 0.305 e. The van der Waals surface area contributed by atoms with Gasteiger partial charge in [-0.15, -0.1) is 0 Å². The van der Waals surface area contributed by atoms with Crippen LogP contribution in [0, 0.1) is 0 Å². The Kier molecular flexibility index (Phi) is 8.40. The van der Waals surface area contributed by atoms with Gasteiger partial charge < -0.3 is 16.2 Å². The Morgan fingerprint density at radius 2 is 1.88 bits per heavy atom. The van der Waals surface area contributed by atoms with Gasteiger partial charge >= 0.3 is 5.97 Å². The largest absolute Gasteiger partial charge is 0.481 e. The molecule has 0 saturated carbocycles. The Morgan fingerprint density at radius 1 is 1.24 bits per heavy atom. The molecule has 0 aliphatic carbocycles. The van der Waals surface area contributed by atoms with E-state index in [0.29, 0.717) is 0 Å². The molecule has 0 radical (unpaired) electrons. The fraction of sp³-hybridized carbons (Fsp3) is 0.833. The van der Waals surface area contributed by atoms with Crippen molar-refractivity contribution >= 4 is 11.9 Å². The number of carboxylic acids is 1. The number of nitrogens with one attached hydrogen (secondary N) is 1. The molecule has 100 valence electrons. The predicted molar refractivity (Wildman–Crippen MR) is 66.6 cm³/mol. The monoisotopic (exact) mass is 244 g/mol. The minimum Gasteiger partial charge on any atom is -0.481 e. The van der Waals surface area contributed by atoms with Crippen LogP contribution in [0.2, 0.25) is 0 Å². The fourth-order valence-corrected chi connectivity index (χ4v) is 1.68. The Labute approximate surface area is 103 Å². The first kappa shape index (κ1) is 15.9. The van der Waals surface area contributed by atoms with E-state index < -0.39 is 12.0 Å². The van der Waals surface area contributed by atoms with Crippen molar-refractivity contribution in [2.45, 2.75) is 64.5 Å². The summed E-state index contributed by atoms with van der Waals surface area (Å²) < 4.78 is 0. The van der Waals surface area contributed by atoms with Crippen molar-refractivity contribution in [2.24, 2.45) is 5.73 Å². The molecule has 0 rings (SSSR count). The summed E-state index contributed by atoms with van der Waals surface area (Å²) in [5.74, 6) is -1.41. The first-order chi connectivity index (χ1) is 8.01. The molecule has 17 heavy (non-hydrogen) atoms. The number of nitrogens with two attached hydrogens (primary N) is 1. The lowest BCUT2D eigenvalue weighted by Crippen LogP contribution is -2.46. The molecule has 0 aromatic rings. The zero-order chi connectivity index (χ0) is 13.3. The molecule has 0 bridgehead atoms. The van der Waals surface area contributed by atoms with E-state index in [9.17, 15) is 9.59 Å². The third-order valence-corrected chi connectivity index (χ3v) is 2.62. The van der Waals surface area contributed by atoms with Gasteiger partial charge in [-0.2, -0.15) is 0 Å². The molecule has 0 aliphatic rings. The van der Waals surface area contributed by atoms with E-state index in [1.54, 1.807) is 0 Å². The highest BCUT2D eigenvalue weighted by molar-refractivity contribution is 5.86. The van der Waals surface area contributed by atoms with E-state index in [4.69, 9.17) is 10.8 Å². The van der Waals surface area contributed by atoms with E-state index >= 15 is 0 Å². The van der Waals surface area contributed by atoms with Gasteiger partial charge in [0.1, 0.15) is 0 Å². The second-order valence-corrected chi connectivity index (χ2v) is 4.34. The number of aliphatic carboxylic acids is 1. The van der Waals surface area contributed by atoms with Crippen molar-refractivity contribution in [3.63, 3.8) is 0 Å². The van der Waals surface area contributed by atoms with Crippen LogP contribution in [-0.4, -0.2) is 29.1 Å². The van der Waals surface area contributed by atoms with Crippen LogP contribution in [0.5, 0.6) is 0 Å².